The lowest BCUT2D eigenvalue weighted by atomic mass is 10.1. The highest BCUT2D eigenvalue weighted by molar-refractivity contribution is 5.81. The Morgan fingerprint density at radius 1 is 1.39 bits per heavy atom. The Balaban J connectivity index is 1.74. The van der Waals surface area contributed by atoms with Gasteiger partial charge in [-0.2, -0.15) is 0 Å². The molecule has 0 spiro atoms. The topological polar surface area (TPSA) is 39.6 Å². The summed E-state index contributed by atoms with van der Waals surface area (Å²) in [6.07, 6.45) is 1.45. The number of fused-ring (bicyclic) bond motifs is 1. The minimum absolute atomic E-state index is 0.207. The number of aliphatic hydroxyl groups is 1. The summed E-state index contributed by atoms with van der Waals surface area (Å²) in [6.45, 7) is 8.17. The fourth-order valence-corrected chi connectivity index (χ4v) is 3.41. The fraction of sp³-hybridized carbons (Fsp3) is 0.500. The molecule has 1 aromatic carbocycles. The second-order valence-electron chi connectivity index (χ2n) is 6.57. The Bertz CT molecular complexity index is 676. The highest BCUT2D eigenvalue weighted by atomic mass is 19.1. The maximum absolute atomic E-state index is 13.9. The summed E-state index contributed by atoms with van der Waals surface area (Å²) in [5.74, 6) is -0.207. The van der Waals surface area contributed by atoms with Crippen molar-refractivity contribution in [3.05, 3.63) is 41.8 Å². The second-order valence-corrected chi connectivity index (χ2v) is 6.57. The molecule has 5 heteroatoms. The number of β-amino-alcohol motifs (C(OH)–C–C–N with tert-alkyl or cyclic N) is 1. The standard InChI is InChI=1S/C18H24FN3O/c1-13-10-21(6-7-22(13)11-14(2)23)12-16-9-17(19)8-15-4-3-5-20-18(15)16/h3-5,8-9,13-14,23H,6-7,10-12H2,1-2H3. The van der Waals surface area contributed by atoms with Crippen LogP contribution in [0.1, 0.15) is 19.4 Å². The summed E-state index contributed by atoms with van der Waals surface area (Å²) >= 11 is 0. The Morgan fingerprint density at radius 2 is 2.22 bits per heavy atom. The summed E-state index contributed by atoms with van der Waals surface area (Å²) in [7, 11) is 0. The molecule has 3 rings (SSSR count). The van der Waals surface area contributed by atoms with Gasteiger partial charge >= 0.3 is 0 Å². The molecule has 1 saturated heterocycles. The molecule has 2 atom stereocenters. The summed E-state index contributed by atoms with van der Waals surface area (Å²) in [4.78, 5) is 9.07. The molecular formula is C18H24FN3O. The van der Waals surface area contributed by atoms with Crippen molar-refractivity contribution >= 4 is 10.9 Å². The van der Waals surface area contributed by atoms with E-state index in [0.717, 1.165) is 36.1 Å². The third-order valence-electron chi connectivity index (χ3n) is 4.49. The van der Waals surface area contributed by atoms with Crippen molar-refractivity contribution in [1.82, 2.24) is 14.8 Å². The zero-order chi connectivity index (χ0) is 16.4. The molecule has 0 aliphatic carbocycles. The molecule has 1 fully saturated rings. The molecule has 1 aliphatic rings. The predicted octanol–water partition coefficient (Wildman–Crippen LogP) is 2.26. The quantitative estimate of drug-likeness (QED) is 0.939. The lowest BCUT2D eigenvalue weighted by Gasteiger charge is -2.40. The molecule has 0 bridgehead atoms. The van der Waals surface area contributed by atoms with Crippen molar-refractivity contribution in [3.63, 3.8) is 0 Å². The van der Waals surface area contributed by atoms with Crippen molar-refractivity contribution in [1.29, 1.82) is 0 Å². The molecule has 1 N–H and O–H groups in total. The van der Waals surface area contributed by atoms with Crippen LogP contribution in [-0.2, 0) is 6.54 Å². The molecule has 2 heterocycles. The van der Waals surface area contributed by atoms with Crippen LogP contribution in [0.3, 0.4) is 0 Å². The molecule has 4 nitrogen and oxygen atoms in total. The number of piperazine rings is 1. The Morgan fingerprint density at radius 3 is 2.96 bits per heavy atom. The van der Waals surface area contributed by atoms with Crippen molar-refractivity contribution in [3.8, 4) is 0 Å². The van der Waals surface area contributed by atoms with E-state index < -0.39 is 0 Å². The monoisotopic (exact) mass is 317 g/mol. The minimum atomic E-state index is -0.305. The number of nitrogens with zero attached hydrogens (tertiary/aromatic N) is 3. The second kappa shape index (κ2) is 6.91. The zero-order valence-corrected chi connectivity index (χ0v) is 13.7. The summed E-state index contributed by atoms with van der Waals surface area (Å²) in [6, 6.07) is 7.25. The van der Waals surface area contributed by atoms with Gasteiger partial charge < -0.3 is 5.11 Å². The van der Waals surface area contributed by atoms with Crippen LogP contribution >= 0.6 is 0 Å². The number of halogens is 1. The van der Waals surface area contributed by atoms with Crippen LogP contribution in [0.4, 0.5) is 4.39 Å². The summed E-state index contributed by atoms with van der Waals surface area (Å²) < 4.78 is 13.9. The molecule has 0 radical (unpaired) electrons. The van der Waals surface area contributed by atoms with E-state index in [0.29, 0.717) is 19.1 Å². The van der Waals surface area contributed by atoms with Gasteiger partial charge in [0.2, 0.25) is 0 Å². The van der Waals surface area contributed by atoms with E-state index in [4.69, 9.17) is 0 Å². The molecule has 0 amide bonds. The van der Waals surface area contributed by atoms with Crippen LogP contribution in [0, 0.1) is 5.82 Å². The average Bonchev–Trinajstić information content (AvgIpc) is 2.49. The van der Waals surface area contributed by atoms with Gasteiger partial charge in [0.05, 0.1) is 11.6 Å². The van der Waals surface area contributed by atoms with Crippen LogP contribution in [-0.4, -0.2) is 58.2 Å². The van der Waals surface area contributed by atoms with Crippen LogP contribution in [0.25, 0.3) is 10.9 Å². The molecule has 0 saturated carbocycles. The minimum Gasteiger partial charge on any atom is -0.392 e. The van der Waals surface area contributed by atoms with Gasteiger partial charge in [0.15, 0.2) is 0 Å². The van der Waals surface area contributed by atoms with Crippen LogP contribution in [0.5, 0.6) is 0 Å². The summed E-state index contributed by atoms with van der Waals surface area (Å²) in [5.41, 5.74) is 1.82. The summed E-state index contributed by atoms with van der Waals surface area (Å²) in [5, 5.41) is 10.4. The van der Waals surface area contributed by atoms with E-state index in [-0.39, 0.29) is 11.9 Å². The molecule has 2 unspecified atom stereocenters. The van der Waals surface area contributed by atoms with E-state index in [9.17, 15) is 9.50 Å². The number of hydrogen-bond acceptors (Lipinski definition) is 4. The molecular weight excluding hydrogens is 293 g/mol. The first kappa shape index (κ1) is 16.3. The molecule has 1 aromatic heterocycles. The van der Waals surface area contributed by atoms with Gasteiger partial charge in [-0.15, -0.1) is 0 Å². The van der Waals surface area contributed by atoms with Crippen LogP contribution < -0.4 is 0 Å². The Hall–Kier alpha value is -1.56. The molecule has 1 aliphatic heterocycles. The highest BCUT2D eigenvalue weighted by Gasteiger charge is 2.24. The van der Waals surface area contributed by atoms with Gasteiger partial charge in [-0.3, -0.25) is 14.8 Å². The largest absolute Gasteiger partial charge is 0.392 e. The number of aliphatic hydroxyl groups excluding tert-OH is 1. The van der Waals surface area contributed by atoms with Crippen LogP contribution in [0.2, 0.25) is 0 Å². The molecule has 124 valence electrons. The normalized spacial score (nSPS) is 21.7. The van der Waals surface area contributed by atoms with Crippen molar-refractivity contribution < 1.29 is 9.50 Å². The van der Waals surface area contributed by atoms with Crippen molar-refractivity contribution in [2.75, 3.05) is 26.2 Å². The average molecular weight is 317 g/mol. The number of pyridine rings is 1. The van der Waals surface area contributed by atoms with Gasteiger partial charge in [0, 0.05) is 50.3 Å². The van der Waals surface area contributed by atoms with E-state index in [1.165, 1.54) is 6.07 Å². The smallest absolute Gasteiger partial charge is 0.124 e. The first-order valence-corrected chi connectivity index (χ1v) is 8.20. The third kappa shape index (κ3) is 3.86. The first-order chi connectivity index (χ1) is 11.0. The van der Waals surface area contributed by atoms with Gasteiger partial charge in [-0.1, -0.05) is 6.07 Å². The lowest BCUT2D eigenvalue weighted by Crippen LogP contribution is -2.53. The lowest BCUT2D eigenvalue weighted by molar-refractivity contribution is 0.0424. The number of aromatic nitrogens is 1. The van der Waals surface area contributed by atoms with Gasteiger partial charge in [-0.25, -0.2) is 4.39 Å². The highest BCUT2D eigenvalue weighted by Crippen LogP contribution is 2.21. The zero-order valence-electron chi connectivity index (χ0n) is 13.7. The number of benzene rings is 1. The SMILES string of the molecule is CC(O)CN1CCN(Cc2cc(F)cc3cccnc23)CC1C. The number of hydrogen-bond donors (Lipinski definition) is 1. The Kier molecular flexibility index (Phi) is 4.90. The van der Waals surface area contributed by atoms with Crippen LogP contribution in [0.15, 0.2) is 30.5 Å². The van der Waals surface area contributed by atoms with Gasteiger partial charge in [-0.05, 0) is 37.6 Å². The fourth-order valence-electron chi connectivity index (χ4n) is 3.41. The van der Waals surface area contributed by atoms with E-state index in [1.54, 1.807) is 12.3 Å². The molecule has 23 heavy (non-hydrogen) atoms. The predicted molar refractivity (Wildman–Crippen MR) is 89.7 cm³/mol. The van der Waals surface area contributed by atoms with Gasteiger partial charge in [0.1, 0.15) is 5.82 Å². The van der Waals surface area contributed by atoms with E-state index in [2.05, 4.69) is 21.7 Å². The van der Waals surface area contributed by atoms with E-state index >= 15 is 0 Å². The molecule has 2 aromatic rings. The van der Waals surface area contributed by atoms with Crippen molar-refractivity contribution in [2.45, 2.75) is 32.5 Å². The maximum Gasteiger partial charge on any atom is 0.124 e. The van der Waals surface area contributed by atoms with E-state index in [1.807, 2.05) is 19.1 Å². The van der Waals surface area contributed by atoms with Gasteiger partial charge in [0.25, 0.3) is 0 Å². The Labute approximate surface area is 136 Å². The number of rotatable bonds is 4. The first-order valence-electron chi connectivity index (χ1n) is 8.20. The maximum atomic E-state index is 13.9. The van der Waals surface area contributed by atoms with Crippen molar-refractivity contribution in [2.24, 2.45) is 0 Å². The third-order valence-corrected chi connectivity index (χ3v) is 4.49.